The van der Waals surface area contributed by atoms with Crippen LogP contribution in [0.1, 0.15) is 86.0 Å². The van der Waals surface area contributed by atoms with Crippen molar-refractivity contribution in [3.8, 4) is 0 Å². The molecule has 0 aromatic rings. The van der Waals surface area contributed by atoms with Gasteiger partial charge >= 0.3 is 0 Å². The molecular weight excluding hydrogens is 394 g/mol. The normalized spacial score (nSPS) is 42.7. The molecule has 180 valence electrons. The van der Waals surface area contributed by atoms with Crippen molar-refractivity contribution < 1.29 is 9.84 Å². The van der Waals surface area contributed by atoms with E-state index in [4.69, 9.17) is 4.74 Å². The lowest BCUT2D eigenvalue weighted by Crippen LogP contribution is -2.53. The molecule has 0 amide bonds. The summed E-state index contributed by atoms with van der Waals surface area (Å²) in [5.74, 6) is 2.18. The molecule has 0 aromatic carbocycles. The lowest BCUT2D eigenvalue weighted by atomic mass is 9.46. The molecule has 3 heteroatoms. The van der Waals surface area contributed by atoms with Crippen LogP contribution in [-0.2, 0) is 4.74 Å². The molecule has 6 atom stereocenters. The van der Waals surface area contributed by atoms with Crippen LogP contribution in [0, 0.1) is 34.0 Å². The molecule has 5 aliphatic rings. The van der Waals surface area contributed by atoms with E-state index in [0.717, 1.165) is 44.6 Å². The second-order valence-corrected chi connectivity index (χ2v) is 12.9. The third-order valence-electron chi connectivity index (χ3n) is 11.1. The van der Waals surface area contributed by atoms with Gasteiger partial charge < -0.3 is 9.84 Å². The first-order chi connectivity index (χ1) is 15.2. The Hall–Kier alpha value is -0.640. The van der Waals surface area contributed by atoms with Gasteiger partial charge in [0, 0.05) is 13.1 Å². The molecule has 5 rings (SSSR count). The fraction of sp³-hybridized carbons (Fsp3) is 0.862. The summed E-state index contributed by atoms with van der Waals surface area (Å²) in [7, 11) is 0. The lowest BCUT2D eigenvalue weighted by molar-refractivity contribution is -0.0905. The predicted molar refractivity (Wildman–Crippen MR) is 131 cm³/mol. The molecular formula is C29H47NO2. The highest BCUT2D eigenvalue weighted by Crippen LogP contribution is 2.66. The summed E-state index contributed by atoms with van der Waals surface area (Å²) in [6.07, 6.45) is 12.4. The van der Waals surface area contributed by atoms with Crippen LogP contribution in [0.2, 0.25) is 0 Å². The molecule has 32 heavy (non-hydrogen) atoms. The molecule has 1 aliphatic heterocycles. The molecule has 4 aliphatic carbocycles. The van der Waals surface area contributed by atoms with Crippen molar-refractivity contribution in [3.63, 3.8) is 0 Å². The number of fused-ring (bicyclic) bond motifs is 4. The summed E-state index contributed by atoms with van der Waals surface area (Å²) in [5, 5.41) is 10.8. The summed E-state index contributed by atoms with van der Waals surface area (Å²) in [6, 6.07) is 0. The van der Waals surface area contributed by atoms with Gasteiger partial charge in [0.05, 0.1) is 19.3 Å². The zero-order valence-electron chi connectivity index (χ0n) is 21.4. The molecule has 0 spiro atoms. The van der Waals surface area contributed by atoms with E-state index >= 15 is 0 Å². The van der Waals surface area contributed by atoms with Crippen LogP contribution in [0.4, 0.5) is 0 Å². The second-order valence-electron chi connectivity index (χ2n) is 12.9. The molecule has 3 nitrogen and oxygen atoms in total. The van der Waals surface area contributed by atoms with Gasteiger partial charge in [-0.3, -0.25) is 4.90 Å². The maximum absolute atomic E-state index is 10.8. The third kappa shape index (κ3) is 3.48. The van der Waals surface area contributed by atoms with Gasteiger partial charge in [-0.25, -0.2) is 0 Å². The second kappa shape index (κ2) is 8.24. The molecule has 1 saturated heterocycles. The summed E-state index contributed by atoms with van der Waals surface area (Å²) >= 11 is 0. The van der Waals surface area contributed by atoms with Crippen LogP contribution in [0.15, 0.2) is 22.8 Å². The number of ether oxygens (including phenoxy) is 1. The fourth-order valence-electron chi connectivity index (χ4n) is 8.99. The predicted octanol–water partition coefficient (Wildman–Crippen LogP) is 5.99. The van der Waals surface area contributed by atoms with E-state index in [2.05, 4.69) is 45.6 Å². The zero-order valence-corrected chi connectivity index (χ0v) is 21.4. The minimum Gasteiger partial charge on any atom is -0.393 e. The van der Waals surface area contributed by atoms with Crippen LogP contribution >= 0.6 is 0 Å². The van der Waals surface area contributed by atoms with E-state index in [1.807, 2.05) is 0 Å². The third-order valence-corrected chi connectivity index (χ3v) is 11.1. The minimum atomic E-state index is -0.140. The van der Waals surface area contributed by atoms with Gasteiger partial charge in [-0.2, -0.15) is 0 Å². The van der Waals surface area contributed by atoms with Gasteiger partial charge in [0.2, 0.25) is 0 Å². The highest BCUT2D eigenvalue weighted by molar-refractivity contribution is 5.49. The van der Waals surface area contributed by atoms with Gasteiger partial charge in [0.1, 0.15) is 0 Å². The average molecular weight is 442 g/mol. The topological polar surface area (TPSA) is 32.7 Å². The Balaban J connectivity index is 1.35. The van der Waals surface area contributed by atoms with E-state index < -0.39 is 0 Å². The van der Waals surface area contributed by atoms with Crippen molar-refractivity contribution >= 4 is 0 Å². The van der Waals surface area contributed by atoms with E-state index in [1.54, 1.807) is 16.7 Å². The Labute approximate surface area is 196 Å². The molecule has 2 fully saturated rings. The lowest BCUT2D eigenvalue weighted by Gasteiger charge is -2.59. The molecule has 0 aromatic heterocycles. The number of morpholine rings is 1. The summed E-state index contributed by atoms with van der Waals surface area (Å²) in [5.41, 5.74) is 5.99. The summed E-state index contributed by atoms with van der Waals surface area (Å²) in [4.78, 5) is 2.61. The SMILES string of the molecule is CC(CCN1CCOCC1)C1CC=C2C3=C(CCC21C)C1(C)CCC(O)C(C)(C)C1CC3. The Morgan fingerprint density at radius 3 is 2.56 bits per heavy atom. The van der Waals surface area contributed by atoms with Crippen LogP contribution < -0.4 is 0 Å². The smallest absolute Gasteiger partial charge is 0.0594 e. The number of rotatable bonds is 4. The highest BCUT2D eigenvalue weighted by Gasteiger charge is 2.57. The first-order valence-electron chi connectivity index (χ1n) is 13.6. The maximum atomic E-state index is 10.8. The number of hydrogen-bond donors (Lipinski definition) is 1. The minimum absolute atomic E-state index is 0.0346. The van der Waals surface area contributed by atoms with E-state index in [-0.39, 0.29) is 11.5 Å². The first kappa shape index (κ1) is 23.1. The van der Waals surface area contributed by atoms with Gasteiger partial charge in [-0.05, 0) is 103 Å². The molecule has 1 saturated carbocycles. The van der Waals surface area contributed by atoms with Gasteiger partial charge in [-0.15, -0.1) is 0 Å². The Bertz CT molecular complexity index is 791. The first-order valence-corrected chi connectivity index (χ1v) is 13.6. The van der Waals surface area contributed by atoms with Crippen LogP contribution in [0.25, 0.3) is 0 Å². The van der Waals surface area contributed by atoms with E-state index in [1.165, 1.54) is 51.5 Å². The number of aliphatic hydroxyl groups is 1. The fourth-order valence-corrected chi connectivity index (χ4v) is 8.99. The summed E-state index contributed by atoms with van der Waals surface area (Å²) < 4.78 is 5.54. The standard InChI is InChI=1S/C29H47NO2/c1-20(12-15-30-16-18-32-19-17-30)22-7-8-23-21-6-9-25-27(2,3)26(31)11-14-29(25,5)24(21)10-13-28(22,23)4/h8,20,22,25-26,31H,6-7,9-19H2,1-5H3. The highest BCUT2D eigenvalue weighted by atomic mass is 16.5. The number of hydrogen-bond acceptors (Lipinski definition) is 3. The zero-order chi connectivity index (χ0) is 22.7. The Morgan fingerprint density at radius 2 is 1.81 bits per heavy atom. The van der Waals surface area contributed by atoms with Crippen molar-refractivity contribution in [2.24, 2.45) is 34.0 Å². The molecule has 0 radical (unpaired) electrons. The molecule has 1 heterocycles. The molecule has 6 unspecified atom stereocenters. The largest absolute Gasteiger partial charge is 0.393 e. The quantitative estimate of drug-likeness (QED) is 0.582. The molecule has 0 bridgehead atoms. The number of aliphatic hydroxyl groups excluding tert-OH is 1. The number of nitrogens with zero attached hydrogens (tertiary/aromatic N) is 1. The summed E-state index contributed by atoms with van der Waals surface area (Å²) in [6.45, 7) is 17.6. The van der Waals surface area contributed by atoms with Gasteiger partial charge in [0.25, 0.3) is 0 Å². The van der Waals surface area contributed by atoms with Crippen LogP contribution in [0.3, 0.4) is 0 Å². The Morgan fingerprint density at radius 1 is 1.06 bits per heavy atom. The van der Waals surface area contributed by atoms with Gasteiger partial charge in [0.15, 0.2) is 0 Å². The average Bonchev–Trinajstić information content (AvgIpc) is 3.13. The van der Waals surface area contributed by atoms with E-state index in [0.29, 0.717) is 16.7 Å². The molecule has 1 N–H and O–H groups in total. The van der Waals surface area contributed by atoms with E-state index in [9.17, 15) is 5.11 Å². The van der Waals surface area contributed by atoms with Crippen molar-refractivity contribution in [1.82, 2.24) is 4.90 Å². The van der Waals surface area contributed by atoms with Crippen molar-refractivity contribution in [2.75, 3.05) is 32.8 Å². The monoisotopic (exact) mass is 441 g/mol. The van der Waals surface area contributed by atoms with Crippen LogP contribution in [-0.4, -0.2) is 49.0 Å². The van der Waals surface area contributed by atoms with Gasteiger partial charge in [-0.1, -0.05) is 46.3 Å². The maximum Gasteiger partial charge on any atom is 0.0594 e. The van der Waals surface area contributed by atoms with Crippen molar-refractivity contribution in [3.05, 3.63) is 22.8 Å². The van der Waals surface area contributed by atoms with Crippen molar-refractivity contribution in [1.29, 1.82) is 0 Å². The van der Waals surface area contributed by atoms with Crippen LogP contribution in [0.5, 0.6) is 0 Å². The number of allylic oxidation sites excluding steroid dienone is 4. The Kier molecular flexibility index (Phi) is 5.95. The van der Waals surface area contributed by atoms with Crippen molar-refractivity contribution in [2.45, 2.75) is 92.1 Å².